The molecule has 0 aromatic carbocycles. The first kappa shape index (κ1) is 22.0. The SMILES string of the molecule is CC1CC(C(=O)N(C)C)CCN1C(=O)COCCOCC(=O)NCC=O. The molecule has 1 heterocycles. The van der Waals surface area contributed by atoms with Gasteiger partial charge in [0.05, 0.1) is 19.8 Å². The number of likely N-dealkylation sites (tertiary alicyclic amines) is 1. The summed E-state index contributed by atoms with van der Waals surface area (Å²) < 4.78 is 10.4. The lowest BCUT2D eigenvalue weighted by Gasteiger charge is -2.37. The Morgan fingerprint density at radius 2 is 1.85 bits per heavy atom. The molecule has 1 fully saturated rings. The third kappa shape index (κ3) is 7.49. The summed E-state index contributed by atoms with van der Waals surface area (Å²) in [6.45, 7) is 2.59. The number of ether oxygens (including phenoxy) is 2. The van der Waals surface area contributed by atoms with Gasteiger partial charge in [0.2, 0.25) is 17.7 Å². The molecule has 0 aliphatic carbocycles. The van der Waals surface area contributed by atoms with Crippen LogP contribution in [0, 0.1) is 5.92 Å². The van der Waals surface area contributed by atoms with Crippen LogP contribution in [-0.2, 0) is 28.7 Å². The molecule has 9 nitrogen and oxygen atoms in total. The molecule has 9 heteroatoms. The Kier molecular flexibility index (Phi) is 9.82. The van der Waals surface area contributed by atoms with E-state index in [1.165, 1.54) is 0 Å². The Balaban J connectivity index is 2.19. The largest absolute Gasteiger partial charge is 0.369 e. The van der Waals surface area contributed by atoms with E-state index in [9.17, 15) is 19.2 Å². The van der Waals surface area contributed by atoms with E-state index >= 15 is 0 Å². The number of hydrogen-bond donors (Lipinski definition) is 1. The number of carbonyl (C=O) groups is 4. The molecule has 0 spiro atoms. The summed E-state index contributed by atoms with van der Waals surface area (Å²) in [4.78, 5) is 48.9. The maximum atomic E-state index is 12.2. The molecule has 1 N–H and O–H groups in total. The highest BCUT2D eigenvalue weighted by Crippen LogP contribution is 2.24. The maximum Gasteiger partial charge on any atom is 0.248 e. The molecule has 0 saturated carbocycles. The first-order valence-electron chi connectivity index (χ1n) is 8.73. The van der Waals surface area contributed by atoms with E-state index in [4.69, 9.17) is 9.47 Å². The Labute approximate surface area is 154 Å². The van der Waals surface area contributed by atoms with Crippen molar-refractivity contribution in [1.29, 1.82) is 0 Å². The molecule has 1 rings (SSSR count). The topological polar surface area (TPSA) is 105 Å². The lowest BCUT2D eigenvalue weighted by atomic mass is 9.90. The van der Waals surface area contributed by atoms with Gasteiger partial charge in [-0.3, -0.25) is 14.4 Å². The van der Waals surface area contributed by atoms with E-state index in [0.29, 0.717) is 25.7 Å². The minimum Gasteiger partial charge on any atom is -0.369 e. The third-order valence-corrected chi connectivity index (χ3v) is 4.20. The molecule has 0 bridgehead atoms. The molecule has 2 unspecified atom stereocenters. The van der Waals surface area contributed by atoms with Crippen LogP contribution in [0.4, 0.5) is 0 Å². The van der Waals surface area contributed by atoms with E-state index in [1.54, 1.807) is 23.9 Å². The predicted octanol–water partition coefficient (Wildman–Crippen LogP) is -0.950. The van der Waals surface area contributed by atoms with Crippen molar-refractivity contribution in [1.82, 2.24) is 15.1 Å². The van der Waals surface area contributed by atoms with Crippen LogP contribution in [0.1, 0.15) is 19.8 Å². The molecule has 148 valence electrons. The number of rotatable bonds is 10. The second-order valence-electron chi connectivity index (χ2n) is 6.47. The number of nitrogens with one attached hydrogen (secondary N) is 1. The van der Waals surface area contributed by atoms with Crippen LogP contribution >= 0.6 is 0 Å². The van der Waals surface area contributed by atoms with Gasteiger partial charge in [0, 0.05) is 32.6 Å². The van der Waals surface area contributed by atoms with E-state index in [0.717, 1.165) is 0 Å². The summed E-state index contributed by atoms with van der Waals surface area (Å²) in [5.41, 5.74) is 0. The van der Waals surface area contributed by atoms with Crippen molar-refractivity contribution in [3.8, 4) is 0 Å². The number of amides is 3. The maximum absolute atomic E-state index is 12.2. The average molecular weight is 371 g/mol. The molecule has 0 aromatic rings. The van der Waals surface area contributed by atoms with Crippen molar-refractivity contribution in [3.63, 3.8) is 0 Å². The van der Waals surface area contributed by atoms with Crippen molar-refractivity contribution < 1.29 is 28.7 Å². The minimum atomic E-state index is -0.378. The van der Waals surface area contributed by atoms with Crippen molar-refractivity contribution >= 4 is 24.0 Å². The van der Waals surface area contributed by atoms with Gasteiger partial charge in [-0.05, 0) is 19.8 Å². The summed E-state index contributed by atoms with van der Waals surface area (Å²) in [6, 6.07) is -0.00786. The highest BCUT2D eigenvalue weighted by molar-refractivity contribution is 5.80. The zero-order valence-electron chi connectivity index (χ0n) is 15.7. The monoisotopic (exact) mass is 371 g/mol. The quantitative estimate of drug-likeness (QED) is 0.392. The van der Waals surface area contributed by atoms with Gasteiger partial charge in [-0.15, -0.1) is 0 Å². The Hall–Kier alpha value is -2.00. The van der Waals surface area contributed by atoms with Gasteiger partial charge in [0.25, 0.3) is 0 Å². The fourth-order valence-corrected chi connectivity index (χ4v) is 2.86. The van der Waals surface area contributed by atoms with Crippen molar-refractivity contribution in [2.24, 2.45) is 5.92 Å². The summed E-state index contributed by atoms with van der Waals surface area (Å²) in [7, 11) is 3.48. The number of carbonyl (C=O) groups excluding carboxylic acids is 4. The lowest BCUT2D eigenvalue weighted by molar-refractivity contribution is -0.145. The molecule has 0 radical (unpaired) electrons. The second kappa shape index (κ2) is 11.6. The van der Waals surface area contributed by atoms with Crippen LogP contribution in [0.5, 0.6) is 0 Å². The van der Waals surface area contributed by atoms with Gasteiger partial charge in [0.1, 0.15) is 19.5 Å². The van der Waals surface area contributed by atoms with Gasteiger partial charge in [0.15, 0.2) is 0 Å². The molecular formula is C17H29N3O6. The van der Waals surface area contributed by atoms with Crippen LogP contribution in [-0.4, -0.2) is 93.5 Å². The first-order chi connectivity index (χ1) is 12.4. The fraction of sp³-hybridized carbons (Fsp3) is 0.765. The van der Waals surface area contributed by atoms with E-state index in [1.807, 2.05) is 6.92 Å². The van der Waals surface area contributed by atoms with Crippen molar-refractivity contribution in [2.45, 2.75) is 25.8 Å². The molecule has 3 amide bonds. The van der Waals surface area contributed by atoms with Gasteiger partial charge in [-0.2, -0.15) is 0 Å². The highest BCUT2D eigenvalue weighted by atomic mass is 16.5. The Morgan fingerprint density at radius 1 is 1.19 bits per heavy atom. The summed E-state index contributed by atoms with van der Waals surface area (Å²) in [5.74, 6) is -0.424. The van der Waals surface area contributed by atoms with Gasteiger partial charge in [-0.1, -0.05) is 0 Å². The fourth-order valence-electron chi connectivity index (χ4n) is 2.86. The first-order valence-corrected chi connectivity index (χ1v) is 8.73. The predicted molar refractivity (Wildman–Crippen MR) is 93.3 cm³/mol. The zero-order valence-corrected chi connectivity index (χ0v) is 15.7. The normalized spacial score (nSPS) is 19.7. The minimum absolute atomic E-state index is 0.00786. The van der Waals surface area contributed by atoms with Crippen molar-refractivity contribution in [3.05, 3.63) is 0 Å². The molecule has 1 aliphatic heterocycles. The zero-order chi connectivity index (χ0) is 19.5. The molecule has 26 heavy (non-hydrogen) atoms. The molecular weight excluding hydrogens is 342 g/mol. The standard InChI is InChI=1S/C17H29N3O6/c1-13-10-14(17(24)19(2)3)4-6-20(13)16(23)12-26-9-8-25-11-15(22)18-5-7-21/h7,13-14H,4-6,8-12H2,1-3H3,(H,18,22). The van der Waals surface area contributed by atoms with Crippen LogP contribution in [0.3, 0.4) is 0 Å². The number of aldehydes is 1. The third-order valence-electron chi connectivity index (χ3n) is 4.20. The van der Waals surface area contributed by atoms with E-state index in [-0.39, 0.29) is 62.7 Å². The molecule has 0 aromatic heterocycles. The molecule has 1 saturated heterocycles. The number of nitrogens with zero attached hydrogens (tertiary/aromatic N) is 2. The average Bonchev–Trinajstić information content (AvgIpc) is 2.61. The Morgan fingerprint density at radius 3 is 2.42 bits per heavy atom. The van der Waals surface area contributed by atoms with E-state index < -0.39 is 0 Å². The van der Waals surface area contributed by atoms with Gasteiger partial charge in [-0.25, -0.2) is 0 Å². The molecule has 1 aliphatic rings. The van der Waals surface area contributed by atoms with Crippen molar-refractivity contribution in [2.75, 3.05) is 53.6 Å². The van der Waals surface area contributed by atoms with Crippen LogP contribution in [0.15, 0.2) is 0 Å². The number of hydrogen-bond acceptors (Lipinski definition) is 6. The second-order valence-corrected chi connectivity index (χ2v) is 6.47. The smallest absolute Gasteiger partial charge is 0.248 e. The van der Waals surface area contributed by atoms with Crippen LogP contribution < -0.4 is 5.32 Å². The van der Waals surface area contributed by atoms with E-state index in [2.05, 4.69) is 5.32 Å². The summed E-state index contributed by atoms with van der Waals surface area (Å²) in [6.07, 6.45) is 1.90. The lowest BCUT2D eigenvalue weighted by Crippen LogP contribution is -2.48. The van der Waals surface area contributed by atoms with Crippen LogP contribution in [0.2, 0.25) is 0 Å². The summed E-state index contributed by atoms with van der Waals surface area (Å²) in [5, 5.41) is 2.35. The van der Waals surface area contributed by atoms with Crippen LogP contribution in [0.25, 0.3) is 0 Å². The van der Waals surface area contributed by atoms with Gasteiger partial charge < -0.3 is 29.4 Å². The summed E-state index contributed by atoms with van der Waals surface area (Å²) >= 11 is 0. The number of piperidine rings is 1. The highest BCUT2D eigenvalue weighted by Gasteiger charge is 2.32. The molecule has 2 atom stereocenters. The van der Waals surface area contributed by atoms with Gasteiger partial charge >= 0.3 is 0 Å². The Bertz CT molecular complexity index is 497.